The van der Waals surface area contributed by atoms with Crippen LogP contribution in [0.1, 0.15) is 5.69 Å². The Morgan fingerprint density at radius 3 is 2.77 bits per heavy atom. The van der Waals surface area contributed by atoms with E-state index in [9.17, 15) is 0 Å². The van der Waals surface area contributed by atoms with Gasteiger partial charge in [-0.2, -0.15) is 0 Å². The lowest BCUT2D eigenvalue weighted by Gasteiger charge is -2.07. The normalized spacial score (nSPS) is 11.0. The third-order valence-electron chi connectivity index (χ3n) is 3.51. The molecular formula is C17H18N2O2S. The molecule has 0 fully saturated rings. The fraction of sp³-hybridized carbons (Fsp3) is 0.235. The topological polar surface area (TPSA) is 47.3 Å². The number of rotatable bonds is 6. The molecule has 1 aromatic heterocycles. The van der Waals surface area contributed by atoms with Gasteiger partial charge in [0.05, 0.1) is 25.1 Å². The lowest BCUT2D eigenvalue weighted by Crippen LogP contribution is -2.02. The molecule has 0 unspecified atom stereocenters. The van der Waals surface area contributed by atoms with Crippen LogP contribution in [0.4, 0.5) is 0 Å². The van der Waals surface area contributed by atoms with Crippen molar-refractivity contribution in [1.29, 1.82) is 0 Å². The van der Waals surface area contributed by atoms with E-state index in [1.54, 1.807) is 18.0 Å². The molecule has 0 saturated carbocycles. The van der Waals surface area contributed by atoms with E-state index < -0.39 is 0 Å². The van der Waals surface area contributed by atoms with Crippen molar-refractivity contribution in [2.75, 3.05) is 12.4 Å². The minimum absolute atomic E-state index is 0.0116. The van der Waals surface area contributed by atoms with Gasteiger partial charge >= 0.3 is 0 Å². The van der Waals surface area contributed by atoms with Gasteiger partial charge in [-0.05, 0) is 22.9 Å². The number of hydrogen-bond donors (Lipinski definition) is 1. The van der Waals surface area contributed by atoms with Gasteiger partial charge in [-0.15, -0.1) is 0 Å². The summed E-state index contributed by atoms with van der Waals surface area (Å²) in [5, 5.41) is 12.4. The van der Waals surface area contributed by atoms with E-state index in [4.69, 9.17) is 9.84 Å². The third kappa shape index (κ3) is 3.26. The zero-order chi connectivity index (χ0) is 15.4. The summed E-state index contributed by atoms with van der Waals surface area (Å²) in [7, 11) is 1.91. The van der Waals surface area contributed by atoms with Crippen molar-refractivity contribution in [1.82, 2.24) is 9.55 Å². The zero-order valence-electron chi connectivity index (χ0n) is 12.4. The summed E-state index contributed by atoms with van der Waals surface area (Å²) < 4.78 is 7.71. The Balaban J connectivity index is 1.54. The van der Waals surface area contributed by atoms with Gasteiger partial charge in [0.2, 0.25) is 0 Å². The molecular weight excluding hydrogens is 296 g/mol. The molecule has 0 aliphatic carbocycles. The Labute approximate surface area is 133 Å². The molecule has 0 atom stereocenters. The highest BCUT2D eigenvalue weighted by Crippen LogP contribution is 2.21. The number of benzene rings is 2. The van der Waals surface area contributed by atoms with Crippen LogP contribution >= 0.6 is 11.8 Å². The van der Waals surface area contributed by atoms with Gasteiger partial charge in [-0.3, -0.25) is 0 Å². The van der Waals surface area contributed by atoms with Crippen molar-refractivity contribution in [2.24, 2.45) is 7.05 Å². The van der Waals surface area contributed by atoms with Crippen LogP contribution in [0.3, 0.4) is 0 Å². The average Bonchev–Trinajstić information content (AvgIpc) is 2.91. The van der Waals surface area contributed by atoms with E-state index in [0.717, 1.165) is 22.4 Å². The molecule has 5 heteroatoms. The predicted octanol–water partition coefficient (Wildman–Crippen LogP) is 3.24. The zero-order valence-corrected chi connectivity index (χ0v) is 13.2. The molecule has 0 bridgehead atoms. The SMILES string of the molecule is Cn1c(CO)cnc1SCCOc1ccc2ccccc2c1. The van der Waals surface area contributed by atoms with Gasteiger partial charge in [0, 0.05) is 12.8 Å². The highest BCUT2D eigenvalue weighted by molar-refractivity contribution is 7.99. The number of fused-ring (bicyclic) bond motifs is 1. The lowest BCUT2D eigenvalue weighted by molar-refractivity contribution is 0.271. The first-order valence-corrected chi connectivity index (χ1v) is 8.12. The van der Waals surface area contributed by atoms with Gasteiger partial charge in [-0.1, -0.05) is 42.1 Å². The number of ether oxygens (including phenoxy) is 1. The molecule has 0 radical (unpaired) electrons. The molecule has 0 saturated heterocycles. The smallest absolute Gasteiger partial charge is 0.168 e. The fourth-order valence-corrected chi connectivity index (χ4v) is 3.04. The second kappa shape index (κ2) is 6.85. The summed E-state index contributed by atoms with van der Waals surface area (Å²) in [6.07, 6.45) is 1.70. The van der Waals surface area contributed by atoms with Gasteiger partial charge in [0.25, 0.3) is 0 Å². The van der Waals surface area contributed by atoms with Crippen molar-refractivity contribution in [3.63, 3.8) is 0 Å². The number of imidazole rings is 1. The minimum Gasteiger partial charge on any atom is -0.493 e. The second-order valence-corrected chi connectivity index (χ2v) is 6.02. The summed E-state index contributed by atoms with van der Waals surface area (Å²) in [4.78, 5) is 4.28. The minimum atomic E-state index is 0.0116. The maximum atomic E-state index is 9.14. The molecule has 114 valence electrons. The standard InChI is InChI=1S/C17H18N2O2S/c1-19-15(12-20)11-18-17(19)22-9-8-21-16-7-6-13-4-2-3-5-14(13)10-16/h2-7,10-11,20H,8-9,12H2,1H3. The van der Waals surface area contributed by atoms with Crippen LogP contribution in [0.5, 0.6) is 5.75 Å². The summed E-state index contributed by atoms with van der Waals surface area (Å²) in [6.45, 7) is 0.627. The van der Waals surface area contributed by atoms with Gasteiger partial charge in [0.15, 0.2) is 5.16 Å². The second-order valence-electron chi connectivity index (χ2n) is 4.96. The third-order valence-corrected chi connectivity index (χ3v) is 4.52. The van der Waals surface area contributed by atoms with Crippen LogP contribution in [0.15, 0.2) is 53.8 Å². The monoisotopic (exact) mass is 314 g/mol. The van der Waals surface area contributed by atoms with Crippen molar-refractivity contribution < 1.29 is 9.84 Å². The number of aliphatic hydroxyl groups excluding tert-OH is 1. The highest BCUT2D eigenvalue weighted by atomic mass is 32.2. The van der Waals surface area contributed by atoms with Gasteiger partial charge in [-0.25, -0.2) is 4.98 Å². The summed E-state index contributed by atoms with van der Waals surface area (Å²) >= 11 is 1.62. The molecule has 1 N–H and O–H groups in total. The Hall–Kier alpha value is -1.98. The molecule has 0 spiro atoms. The summed E-state index contributed by atoms with van der Waals surface area (Å²) in [5.74, 6) is 1.69. The van der Waals surface area contributed by atoms with E-state index in [1.165, 1.54) is 10.8 Å². The molecule has 4 nitrogen and oxygen atoms in total. The molecule has 2 aromatic carbocycles. The molecule has 0 aliphatic heterocycles. The van der Waals surface area contributed by atoms with Crippen molar-refractivity contribution in [2.45, 2.75) is 11.8 Å². The molecule has 1 heterocycles. The molecule has 0 aliphatic rings. The van der Waals surface area contributed by atoms with Gasteiger partial charge in [0.1, 0.15) is 5.75 Å². The fourth-order valence-electron chi connectivity index (χ4n) is 2.26. The van der Waals surface area contributed by atoms with Crippen molar-refractivity contribution in [3.05, 3.63) is 54.4 Å². The number of aromatic nitrogens is 2. The Bertz CT molecular complexity index is 770. The quantitative estimate of drug-likeness (QED) is 0.560. The number of aliphatic hydroxyl groups is 1. The molecule has 22 heavy (non-hydrogen) atoms. The van der Waals surface area contributed by atoms with Crippen LogP contribution in [-0.2, 0) is 13.7 Å². The maximum Gasteiger partial charge on any atom is 0.168 e. The van der Waals surface area contributed by atoms with Crippen LogP contribution in [0.2, 0.25) is 0 Å². The van der Waals surface area contributed by atoms with Crippen LogP contribution in [0.25, 0.3) is 10.8 Å². The Kier molecular flexibility index (Phi) is 4.65. The summed E-state index contributed by atoms with van der Waals surface area (Å²) in [6, 6.07) is 14.4. The molecule has 0 amide bonds. The first-order chi connectivity index (χ1) is 10.8. The van der Waals surface area contributed by atoms with Crippen LogP contribution in [0, 0.1) is 0 Å². The first kappa shape index (κ1) is 14.9. The van der Waals surface area contributed by atoms with E-state index >= 15 is 0 Å². The Morgan fingerprint density at radius 2 is 2.00 bits per heavy atom. The molecule has 3 aromatic rings. The van der Waals surface area contributed by atoms with Crippen LogP contribution in [-0.4, -0.2) is 27.0 Å². The van der Waals surface area contributed by atoms with E-state index in [-0.39, 0.29) is 6.61 Å². The Morgan fingerprint density at radius 1 is 1.18 bits per heavy atom. The number of thioether (sulfide) groups is 1. The first-order valence-electron chi connectivity index (χ1n) is 7.14. The number of nitrogens with zero attached hydrogens (tertiary/aromatic N) is 2. The number of hydrogen-bond acceptors (Lipinski definition) is 4. The van der Waals surface area contributed by atoms with E-state index in [1.807, 2.05) is 29.8 Å². The van der Waals surface area contributed by atoms with Crippen molar-refractivity contribution in [3.8, 4) is 5.75 Å². The van der Waals surface area contributed by atoms with Crippen LogP contribution < -0.4 is 4.74 Å². The predicted molar refractivity (Wildman–Crippen MR) is 89.3 cm³/mol. The van der Waals surface area contributed by atoms with E-state index in [2.05, 4.69) is 29.2 Å². The van der Waals surface area contributed by atoms with Crippen molar-refractivity contribution >= 4 is 22.5 Å². The summed E-state index contributed by atoms with van der Waals surface area (Å²) in [5.41, 5.74) is 0.818. The highest BCUT2D eigenvalue weighted by Gasteiger charge is 2.06. The maximum absolute atomic E-state index is 9.14. The lowest BCUT2D eigenvalue weighted by atomic mass is 10.1. The van der Waals surface area contributed by atoms with Gasteiger partial charge < -0.3 is 14.4 Å². The molecule has 3 rings (SSSR count). The average molecular weight is 314 g/mol. The largest absolute Gasteiger partial charge is 0.493 e. The van der Waals surface area contributed by atoms with E-state index in [0.29, 0.717) is 6.61 Å².